The van der Waals surface area contributed by atoms with Crippen molar-refractivity contribution >= 4 is 23.2 Å². The Morgan fingerprint density at radius 1 is 1.03 bits per heavy atom. The average molecular weight is 396 g/mol. The molecule has 2 aromatic carbocycles. The van der Waals surface area contributed by atoms with E-state index in [1.165, 1.54) is 10.6 Å². The van der Waals surface area contributed by atoms with Crippen LogP contribution in [0.4, 0.5) is 11.4 Å². The highest BCUT2D eigenvalue weighted by Gasteiger charge is 2.21. The predicted molar refractivity (Wildman–Crippen MR) is 114 cm³/mol. The molecule has 1 fully saturated rings. The van der Waals surface area contributed by atoms with Gasteiger partial charge in [-0.3, -0.25) is 14.5 Å². The number of hydrogen-bond donors (Lipinski definition) is 1. The van der Waals surface area contributed by atoms with Crippen molar-refractivity contribution in [3.63, 3.8) is 0 Å². The van der Waals surface area contributed by atoms with Gasteiger partial charge in [0, 0.05) is 50.7 Å². The maximum Gasteiger partial charge on any atom is 0.243 e. The quantitative estimate of drug-likeness (QED) is 0.775. The Morgan fingerprint density at radius 2 is 1.76 bits per heavy atom. The molecule has 1 aliphatic heterocycles. The van der Waals surface area contributed by atoms with Crippen LogP contribution in [0.15, 0.2) is 54.6 Å². The number of likely N-dealkylation sites (N-methyl/N-ethyl adjacent to an activating group) is 1. The van der Waals surface area contributed by atoms with E-state index in [1.54, 1.807) is 32.4 Å². The summed E-state index contributed by atoms with van der Waals surface area (Å²) in [6.45, 7) is 3.76. The zero-order chi connectivity index (χ0) is 20.6. The molecular formula is C22H28N4O3. The Morgan fingerprint density at radius 3 is 2.45 bits per heavy atom. The van der Waals surface area contributed by atoms with Gasteiger partial charge in [0.15, 0.2) is 0 Å². The van der Waals surface area contributed by atoms with Crippen molar-refractivity contribution in [2.75, 3.05) is 63.6 Å². The second-order valence-electron chi connectivity index (χ2n) is 7.13. The van der Waals surface area contributed by atoms with Crippen molar-refractivity contribution in [1.29, 1.82) is 0 Å². The van der Waals surface area contributed by atoms with Crippen LogP contribution in [-0.4, -0.2) is 75.0 Å². The van der Waals surface area contributed by atoms with Crippen LogP contribution in [0.5, 0.6) is 5.75 Å². The fourth-order valence-corrected chi connectivity index (χ4v) is 3.32. The molecule has 0 aromatic heterocycles. The molecule has 0 radical (unpaired) electrons. The summed E-state index contributed by atoms with van der Waals surface area (Å²) in [6, 6.07) is 17.4. The Bertz CT molecular complexity index is 820. The molecule has 0 unspecified atom stereocenters. The number of para-hydroxylation sites is 1. The lowest BCUT2D eigenvalue weighted by Crippen LogP contribution is -2.50. The van der Waals surface area contributed by atoms with Gasteiger partial charge in [-0.2, -0.15) is 0 Å². The molecule has 0 atom stereocenters. The number of anilines is 2. The second-order valence-corrected chi connectivity index (χ2v) is 7.13. The summed E-state index contributed by atoms with van der Waals surface area (Å²) >= 11 is 0. The Balaban J connectivity index is 1.42. The fraction of sp³-hybridized carbons (Fsp3) is 0.364. The van der Waals surface area contributed by atoms with Crippen LogP contribution >= 0.6 is 0 Å². The van der Waals surface area contributed by atoms with E-state index in [-0.39, 0.29) is 18.4 Å². The lowest BCUT2D eigenvalue weighted by atomic mass is 10.2. The van der Waals surface area contributed by atoms with Crippen LogP contribution in [-0.2, 0) is 9.59 Å². The van der Waals surface area contributed by atoms with Gasteiger partial charge in [-0.1, -0.05) is 24.3 Å². The lowest BCUT2D eigenvalue weighted by Gasteiger charge is -2.36. The highest BCUT2D eigenvalue weighted by Crippen LogP contribution is 2.17. The molecule has 1 aliphatic rings. The van der Waals surface area contributed by atoms with E-state index in [1.807, 2.05) is 24.3 Å². The van der Waals surface area contributed by atoms with Crippen molar-refractivity contribution in [3.8, 4) is 5.75 Å². The Kier molecular flexibility index (Phi) is 7.08. The molecule has 0 spiro atoms. The summed E-state index contributed by atoms with van der Waals surface area (Å²) in [5, 5.41) is 2.80. The number of carbonyl (C=O) groups is 2. The van der Waals surface area contributed by atoms with E-state index in [9.17, 15) is 9.59 Å². The van der Waals surface area contributed by atoms with Crippen molar-refractivity contribution in [2.45, 2.75) is 0 Å². The molecule has 29 heavy (non-hydrogen) atoms. The van der Waals surface area contributed by atoms with Crippen LogP contribution in [0.25, 0.3) is 0 Å². The van der Waals surface area contributed by atoms with Crippen molar-refractivity contribution in [3.05, 3.63) is 54.6 Å². The zero-order valence-electron chi connectivity index (χ0n) is 17.0. The molecule has 0 saturated carbocycles. The van der Waals surface area contributed by atoms with Gasteiger partial charge >= 0.3 is 0 Å². The first-order chi connectivity index (χ1) is 14.0. The fourth-order valence-electron chi connectivity index (χ4n) is 3.32. The molecule has 3 rings (SSSR count). The molecule has 1 N–H and O–H groups in total. The molecule has 1 saturated heterocycles. The van der Waals surface area contributed by atoms with Crippen molar-refractivity contribution in [1.82, 2.24) is 9.80 Å². The molecule has 2 aromatic rings. The topological polar surface area (TPSA) is 65.1 Å². The molecule has 2 amide bonds. The number of methoxy groups -OCH3 is 1. The highest BCUT2D eigenvalue weighted by atomic mass is 16.5. The van der Waals surface area contributed by atoms with Gasteiger partial charge < -0.3 is 19.9 Å². The third-order valence-corrected chi connectivity index (χ3v) is 5.01. The third-order valence-electron chi connectivity index (χ3n) is 5.01. The largest absolute Gasteiger partial charge is 0.497 e. The molecule has 7 heteroatoms. The first-order valence-electron chi connectivity index (χ1n) is 9.75. The number of rotatable bonds is 7. The summed E-state index contributed by atoms with van der Waals surface area (Å²) < 4.78 is 5.15. The summed E-state index contributed by atoms with van der Waals surface area (Å²) in [6.07, 6.45) is 0. The van der Waals surface area contributed by atoms with Gasteiger partial charge in [0.25, 0.3) is 0 Å². The number of carbonyl (C=O) groups excluding carboxylic acids is 2. The number of hydrogen-bond acceptors (Lipinski definition) is 5. The van der Waals surface area contributed by atoms with Crippen LogP contribution < -0.4 is 15.0 Å². The standard InChI is InChI=1S/C22H28N4O3/c1-24(16-21(27)23-18-7-6-10-20(15-18)29-2)22(28)17-25-11-13-26(14-12-25)19-8-4-3-5-9-19/h3-10,15H,11-14,16-17H2,1-2H3,(H,23,27). The summed E-state index contributed by atoms with van der Waals surface area (Å²) in [5.41, 5.74) is 1.86. The van der Waals surface area contributed by atoms with E-state index in [4.69, 9.17) is 4.74 Å². The number of amides is 2. The molecule has 7 nitrogen and oxygen atoms in total. The van der Waals surface area contributed by atoms with E-state index in [0.717, 1.165) is 26.2 Å². The number of nitrogens with one attached hydrogen (secondary N) is 1. The maximum absolute atomic E-state index is 12.5. The summed E-state index contributed by atoms with van der Waals surface area (Å²) in [7, 11) is 3.24. The summed E-state index contributed by atoms with van der Waals surface area (Å²) in [5.74, 6) is 0.379. The average Bonchev–Trinajstić information content (AvgIpc) is 2.75. The zero-order valence-corrected chi connectivity index (χ0v) is 17.0. The van der Waals surface area contributed by atoms with Gasteiger partial charge in [-0.25, -0.2) is 0 Å². The molecule has 154 valence electrons. The lowest BCUT2D eigenvalue weighted by molar-refractivity contribution is -0.134. The SMILES string of the molecule is COc1cccc(NC(=O)CN(C)C(=O)CN2CCN(c3ccccc3)CC2)c1. The van der Waals surface area contributed by atoms with Gasteiger partial charge in [0.05, 0.1) is 20.2 Å². The molecule has 0 aliphatic carbocycles. The van der Waals surface area contributed by atoms with Crippen molar-refractivity contribution in [2.24, 2.45) is 0 Å². The van der Waals surface area contributed by atoms with E-state index >= 15 is 0 Å². The number of benzene rings is 2. The third kappa shape index (κ3) is 5.96. The van der Waals surface area contributed by atoms with Crippen LogP contribution in [0, 0.1) is 0 Å². The first kappa shape index (κ1) is 20.7. The second kappa shape index (κ2) is 9.93. The minimum absolute atomic E-state index is 0.0139. The van der Waals surface area contributed by atoms with Crippen LogP contribution in [0.2, 0.25) is 0 Å². The van der Waals surface area contributed by atoms with Gasteiger partial charge in [-0.05, 0) is 24.3 Å². The van der Waals surface area contributed by atoms with Gasteiger partial charge in [-0.15, -0.1) is 0 Å². The van der Waals surface area contributed by atoms with E-state index < -0.39 is 0 Å². The monoisotopic (exact) mass is 396 g/mol. The Hall–Kier alpha value is -3.06. The van der Waals surface area contributed by atoms with E-state index in [2.05, 4.69) is 27.2 Å². The van der Waals surface area contributed by atoms with Crippen LogP contribution in [0.3, 0.4) is 0 Å². The number of ether oxygens (including phenoxy) is 1. The molecule has 0 bridgehead atoms. The van der Waals surface area contributed by atoms with Gasteiger partial charge in [0.1, 0.15) is 5.75 Å². The number of nitrogens with zero attached hydrogens (tertiary/aromatic N) is 3. The highest BCUT2D eigenvalue weighted by molar-refractivity contribution is 5.94. The Labute approximate surface area is 171 Å². The van der Waals surface area contributed by atoms with Crippen molar-refractivity contribution < 1.29 is 14.3 Å². The predicted octanol–water partition coefficient (Wildman–Crippen LogP) is 1.91. The molecular weight excluding hydrogens is 368 g/mol. The van der Waals surface area contributed by atoms with Crippen LogP contribution in [0.1, 0.15) is 0 Å². The van der Waals surface area contributed by atoms with E-state index in [0.29, 0.717) is 18.0 Å². The van der Waals surface area contributed by atoms with Gasteiger partial charge in [0.2, 0.25) is 11.8 Å². The normalized spacial score (nSPS) is 14.3. The minimum Gasteiger partial charge on any atom is -0.497 e. The number of piperazine rings is 1. The molecule has 1 heterocycles. The first-order valence-corrected chi connectivity index (χ1v) is 9.75. The maximum atomic E-state index is 12.5. The smallest absolute Gasteiger partial charge is 0.243 e. The minimum atomic E-state index is -0.233. The summed E-state index contributed by atoms with van der Waals surface area (Å²) in [4.78, 5) is 30.7.